The molecule has 3 aromatic rings. The van der Waals surface area contributed by atoms with Crippen LogP contribution in [0.25, 0.3) is 5.57 Å². The quantitative estimate of drug-likeness (QED) is 0.692. The van der Waals surface area contributed by atoms with Crippen molar-refractivity contribution in [3.63, 3.8) is 0 Å². The highest BCUT2D eigenvalue weighted by atomic mass is 19.1. The predicted molar refractivity (Wildman–Crippen MR) is 108 cm³/mol. The molecular weight excluding hydrogens is 351 g/mol. The highest BCUT2D eigenvalue weighted by Gasteiger charge is 2.19. The standard InChI is InChI=1S/C23H23FN4/c1-17-11-15-28-22(26-13-9-18-6-4-5-12-25-18)10-14-27-23(28)20(16-17)19-7-2-3-8-21(19)24/h2-8,10,12,14,16-17H,9,11,13,15H2,1H3. The first-order valence-electron chi connectivity index (χ1n) is 9.66. The second-order valence-electron chi connectivity index (χ2n) is 7.06. The molecule has 28 heavy (non-hydrogen) atoms. The molecule has 5 heteroatoms. The largest absolute Gasteiger partial charge is 0.311 e. The maximum atomic E-state index is 14.5. The van der Waals surface area contributed by atoms with E-state index in [2.05, 4.69) is 27.5 Å². The lowest BCUT2D eigenvalue weighted by molar-refractivity contribution is 0.538. The number of benzene rings is 1. The van der Waals surface area contributed by atoms with Crippen molar-refractivity contribution in [1.82, 2.24) is 14.5 Å². The molecule has 0 spiro atoms. The third-order valence-corrected chi connectivity index (χ3v) is 4.98. The minimum absolute atomic E-state index is 0.228. The van der Waals surface area contributed by atoms with Crippen LogP contribution in [-0.4, -0.2) is 21.1 Å². The molecule has 1 aliphatic rings. The summed E-state index contributed by atoms with van der Waals surface area (Å²) in [5, 5.41) is 0. The molecule has 0 saturated carbocycles. The van der Waals surface area contributed by atoms with E-state index >= 15 is 0 Å². The summed E-state index contributed by atoms with van der Waals surface area (Å²) in [4.78, 5) is 13.7. The van der Waals surface area contributed by atoms with E-state index in [1.807, 2.05) is 36.4 Å². The molecule has 0 amide bonds. The topological polar surface area (TPSA) is 43.1 Å². The van der Waals surface area contributed by atoms with E-state index in [-0.39, 0.29) is 5.82 Å². The van der Waals surface area contributed by atoms with Crippen molar-refractivity contribution in [1.29, 1.82) is 0 Å². The fourth-order valence-corrected chi connectivity index (χ4v) is 3.51. The maximum Gasteiger partial charge on any atom is 0.141 e. The Morgan fingerprint density at radius 2 is 1.93 bits per heavy atom. The van der Waals surface area contributed by atoms with Crippen molar-refractivity contribution < 1.29 is 4.39 Å². The van der Waals surface area contributed by atoms with Crippen molar-refractivity contribution in [2.45, 2.75) is 26.3 Å². The van der Waals surface area contributed by atoms with Crippen molar-refractivity contribution >= 4 is 5.57 Å². The molecule has 0 N–H and O–H groups in total. The van der Waals surface area contributed by atoms with Crippen LogP contribution in [0.1, 0.15) is 30.4 Å². The summed E-state index contributed by atoms with van der Waals surface area (Å²) in [6.45, 7) is 3.61. The fourth-order valence-electron chi connectivity index (χ4n) is 3.51. The second-order valence-corrected chi connectivity index (χ2v) is 7.06. The first kappa shape index (κ1) is 18.3. The van der Waals surface area contributed by atoms with Crippen LogP contribution in [0.3, 0.4) is 0 Å². The van der Waals surface area contributed by atoms with Crippen LogP contribution in [0.4, 0.5) is 4.39 Å². The number of hydrogen-bond acceptors (Lipinski definition) is 3. The fraction of sp³-hybridized carbons (Fsp3) is 0.261. The highest BCUT2D eigenvalue weighted by Crippen LogP contribution is 2.28. The van der Waals surface area contributed by atoms with Crippen molar-refractivity contribution in [3.8, 4) is 0 Å². The number of fused-ring (bicyclic) bond motifs is 1. The van der Waals surface area contributed by atoms with Gasteiger partial charge in [0.1, 0.15) is 17.1 Å². The second kappa shape index (κ2) is 8.30. The van der Waals surface area contributed by atoms with E-state index in [1.165, 1.54) is 6.07 Å². The lowest BCUT2D eigenvalue weighted by Gasteiger charge is -2.14. The maximum absolute atomic E-state index is 14.5. The Hall–Kier alpha value is -3.08. The average Bonchev–Trinajstić information content (AvgIpc) is 2.89. The Kier molecular flexibility index (Phi) is 5.42. The van der Waals surface area contributed by atoms with Gasteiger partial charge in [-0.2, -0.15) is 0 Å². The van der Waals surface area contributed by atoms with Crippen molar-refractivity contribution in [2.75, 3.05) is 6.54 Å². The first-order chi connectivity index (χ1) is 13.7. The average molecular weight is 374 g/mol. The lowest BCUT2D eigenvalue weighted by Crippen LogP contribution is -2.25. The zero-order valence-electron chi connectivity index (χ0n) is 15.9. The molecule has 1 atom stereocenters. The Labute approximate surface area is 164 Å². The number of aromatic nitrogens is 3. The van der Waals surface area contributed by atoms with E-state index in [0.717, 1.165) is 42.0 Å². The molecule has 4 rings (SSSR count). The summed E-state index contributed by atoms with van der Waals surface area (Å²) in [5.41, 5.74) is 3.32. The smallest absolute Gasteiger partial charge is 0.141 e. The van der Waals surface area contributed by atoms with E-state index in [1.54, 1.807) is 18.5 Å². The van der Waals surface area contributed by atoms with Gasteiger partial charge in [-0.1, -0.05) is 37.3 Å². The zero-order chi connectivity index (χ0) is 19.3. The Bertz CT molecular complexity index is 1050. The molecule has 3 heterocycles. The van der Waals surface area contributed by atoms with Gasteiger partial charge in [-0.05, 0) is 36.6 Å². The molecule has 1 aromatic carbocycles. The van der Waals surface area contributed by atoms with Gasteiger partial charge in [0.15, 0.2) is 0 Å². The van der Waals surface area contributed by atoms with Gasteiger partial charge in [-0.25, -0.2) is 9.37 Å². The number of pyridine rings is 1. The van der Waals surface area contributed by atoms with Gasteiger partial charge < -0.3 is 4.57 Å². The third-order valence-electron chi connectivity index (χ3n) is 4.98. The molecule has 0 fully saturated rings. The highest BCUT2D eigenvalue weighted by molar-refractivity contribution is 5.77. The summed E-state index contributed by atoms with van der Waals surface area (Å²) in [5.74, 6) is 0.875. The van der Waals surface area contributed by atoms with Gasteiger partial charge in [0, 0.05) is 48.7 Å². The molecular formula is C23H23FN4. The molecule has 1 aliphatic heterocycles. The summed E-state index contributed by atoms with van der Waals surface area (Å²) < 4.78 is 16.6. The predicted octanol–water partition coefficient (Wildman–Crippen LogP) is 4.03. The molecule has 0 bridgehead atoms. The summed E-state index contributed by atoms with van der Waals surface area (Å²) >= 11 is 0. The van der Waals surface area contributed by atoms with Crippen LogP contribution >= 0.6 is 0 Å². The van der Waals surface area contributed by atoms with E-state index in [9.17, 15) is 4.39 Å². The summed E-state index contributed by atoms with van der Waals surface area (Å²) in [7, 11) is 0. The Morgan fingerprint density at radius 1 is 1.07 bits per heavy atom. The summed E-state index contributed by atoms with van der Waals surface area (Å²) in [6, 6.07) is 14.7. The number of allylic oxidation sites excluding steroid dienone is 1. The van der Waals surface area contributed by atoms with E-state index in [4.69, 9.17) is 4.99 Å². The van der Waals surface area contributed by atoms with Crippen LogP contribution in [0.15, 0.2) is 72.0 Å². The van der Waals surface area contributed by atoms with Crippen LogP contribution in [-0.2, 0) is 13.0 Å². The van der Waals surface area contributed by atoms with Crippen molar-refractivity contribution in [2.24, 2.45) is 10.9 Å². The molecule has 0 saturated heterocycles. The monoisotopic (exact) mass is 374 g/mol. The van der Waals surface area contributed by atoms with Crippen LogP contribution < -0.4 is 5.49 Å². The Morgan fingerprint density at radius 3 is 2.75 bits per heavy atom. The van der Waals surface area contributed by atoms with Crippen LogP contribution in [0.2, 0.25) is 0 Å². The number of halogens is 1. The van der Waals surface area contributed by atoms with Gasteiger partial charge >= 0.3 is 0 Å². The Balaban J connectivity index is 1.72. The van der Waals surface area contributed by atoms with Gasteiger partial charge in [0.2, 0.25) is 0 Å². The number of nitrogens with zero attached hydrogens (tertiary/aromatic N) is 4. The van der Waals surface area contributed by atoms with E-state index < -0.39 is 0 Å². The van der Waals surface area contributed by atoms with Gasteiger partial charge in [-0.3, -0.25) is 9.98 Å². The number of hydrogen-bond donors (Lipinski definition) is 0. The zero-order valence-corrected chi connectivity index (χ0v) is 15.9. The third kappa shape index (κ3) is 3.93. The van der Waals surface area contributed by atoms with Crippen molar-refractivity contribution in [3.05, 3.63) is 95.4 Å². The lowest BCUT2D eigenvalue weighted by atomic mass is 9.99. The molecule has 0 aliphatic carbocycles. The van der Waals surface area contributed by atoms with Gasteiger partial charge in [0.05, 0.1) is 0 Å². The van der Waals surface area contributed by atoms with Gasteiger partial charge in [-0.15, -0.1) is 0 Å². The molecule has 4 nitrogen and oxygen atoms in total. The molecule has 142 valence electrons. The molecule has 1 unspecified atom stereocenters. The normalized spacial score (nSPS) is 17.0. The molecule has 0 radical (unpaired) electrons. The SMILES string of the molecule is CC1C=C(c2ccccc2F)c2nccc(=NCCc3ccccn3)n2CC1. The molecule has 2 aromatic heterocycles. The first-order valence-corrected chi connectivity index (χ1v) is 9.66. The van der Waals surface area contributed by atoms with Crippen LogP contribution in [0.5, 0.6) is 0 Å². The number of rotatable bonds is 4. The summed E-state index contributed by atoms with van der Waals surface area (Å²) in [6.07, 6.45) is 7.43. The van der Waals surface area contributed by atoms with E-state index in [0.29, 0.717) is 18.0 Å². The van der Waals surface area contributed by atoms with Crippen LogP contribution in [0, 0.1) is 11.7 Å². The minimum Gasteiger partial charge on any atom is -0.311 e. The van der Waals surface area contributed by atoms with Gasteiger partial charge in [0.25, 0.3) is 0 Å². The minimum atomic E-state index is -0.228.